The van der Waals surface area contributed by atoms with Gasteiger partial charge in [-0.05, 0) is 55.5 Å². The second kappa shape index (κ2) is 10.3. The molecule has 0 saturated carbocycles. The molecule has 1 aliphatic heterocycles. The molecule has 3 rings (SSSR count). The largest absolute Gasteiger partial charge is 0.497 e. The van der Waals surface area contributed by atoms with Gasteiger partial charge in [-0.3, -0.25) is 10.0 Å². The maximum Gasteiger partial charge on any atom is 0.264 e. The van der Waals surface area contributed by atoms with Crippen molar-refractivity contribution in [2.45, 2.75) is 36.2 Å². The highest BCUT2D eigenvalue weighted by molar-refractivity contribution is 7.92. The number of likely N-dealkylation sites (tertiary alicyclic amines) is 1. The minimum Gasteiger partial charge on any atom is -0.497 e. The van der Waals surface area contributed by atoms with Crippen molar-refractivity contribution in [3.8, 4) is 5.75 Å². The summed E-state index contributed by atoms with van der Waals surface area (Å²) in [5, 5.41) is 9.29. The van der Waals surface area contributed by atoms with Crippen LogP contribution >= 0.6 is 0 Å². The van der Waals surface area contributed by atoms with Gasteiger partial charge in [0, 0.05) is 13.1 Å². The third kappa shape index (κ3) is 5.44. The lowest BCUT2D eigenvalue weighted by molar-refractivity contribution is -0.133. The van der Waals surface area contributed by atoms with Crippen LogP contribution in [0.4, 0.5) is 0 Å². The molecule has 7 nitrogen and oxygen atoms in total. The Bertz CT molecular complexity index is 953. The van der Waals surface area contributed by atoms with Crippen LogP contribution in [0.2, 0.25) is 0 Å². The van der Waals surface area contributed by atoms with Gasteiger partial charge in [0.1, 0.15) is 5.75 Å². The van der Waals surface area contributed by atoms with Gasteiger partial charge in [-0.25, -0.2) is 13.9 Å². The molecule has 1 amide bonds. The first kappa shape index (κ1) is 23.2. The second-order valence-corrected chi connectivity index (χ2v) is 10.3. The minimum atomic E-state index is -3.86. The molecule has 1 aliphatic rings. The first-order valence-corrected chi connectivity index (χ1v) is 12.1. The van der Waals surface area contributed by atoms with Gasteiger partial charge in [0.25, 0.3) is 5.91 Å². The zero-order valence-corrected chi connectivity index (χ0v) is 18.6. The van der Waals surface area contributed by atoms with Crippen LogP contribution in [0, 0.1) is 0 Å². The third-order valence-electron chi connectivity index (χ3n) is 6.07. The van der Waals surface area contributed by atoms with E-state index in [2.05, 4.69) is 17.0 Å². The van der Waals surface area contributed by atoms with Crippen LogP contribution < -0.4 is 10.2 Å². The van der Waals surface area contributed by atoms with Crippen LogP contribution in [0.25, 0.3) is 0 Å². The topological polar surface area (TPSA) is 95.9 Å². The van der Waals surface area contributed by atoms with E-state index in [0.717, 1.165) is 19.4 Å². The summed E-state index contributed by atoms with van der Waals surface area (Å²) in [5.41, 5.74) is 3.46. The molecule has 0 radical (unpaired) electrons. The SMILES string of the molecule is COc1ccc(CS(=O)(=O)C2(C(=O)NO)CCN(CCCc3ccccc3)CC2)cc1. The van der Waals surface area contributed by atoms with Crippen LogP contribution in [0.5, 0.6) is 5.75 Å². The van der Waals surface area contributed by atoms with Gasteiger partial charge in [0.05, 0.1) is 12.9 Å². The van der Waals surface area contributed by atoms with Crippen LogP contribution in [0.3, 0.4) is 0 Å². The number of hydroxylamine groups is 1. The zero-order chi connectivity index (χ0) is 22.3. The van der Waals surface area contributed by atoms with E-state index in [1.165, 1.54) is 5.56 Å². The maximum atomic E-state index is 13.3. The number of aryl methyl sites for hydroxylation is 1. The Balaban J connectivity index is 1.65. The number of amides is 1. The maximum absolute atomic E-state index is 13.3. The minimum absolute atomic E-state index is 0.156. The van der Waals surface area contributed by atoms with E-state index >= 15 is 0 Å². The van der Waals surface area contributed by atoms with Gasteiger partial charge in [0.15, 0.2) is 14.6 Å². The fourth-order valence-corrected chi connectivity index (χ4v) is 6.19. The Kier molecular flexibility index (Phi) is 7.69. The van der Waals surface area contributed by atoms with Crippen LogP contribution in [0.1, 0.15) is 30.4 Å². The number of nitrogens with zero attached hydrogens (tertiary/aromatic N) is 1. The quantitative estimate of drug-likeness (QED) is 0.454. The van der Waals surface area contributed by atoms with Gasteiger partial charge >= 0.3 is 0 Å². The lowest BCUT2D eigenvalue weighted by Crippen LogP contribution is -2.58. The number of rotatable bonds is 9. The van der Waals surface area contributed by atoms with E-state index in [9.17, 15) is 18.4 Å². The van der Waals surface area contributed by atoms with Crippen LogP contribution in [-0.4, -0.2) is 55.9 Å². The molecule has 1 saturated heterocycles. The van der Waals surface area contributed by atoms with E-state index in [1.807, 2.05) is 18.2 Å². The Morgan fingerprint density at radius 3 is 2.29 bits per heavy atom. The van der Waals surface area contributed by atoms with E-state index < -0.39 is 20.5 Å². The van der Waals surface area contributed by atoms with Gasteiger partial charge < -0.3 is 9.64 Å². The molecule has 2 aromatic rings. The third-order valence-corrected chi connectivity index (χ3v) is 8.57. The summed E-state index contributed by atoms with van der Waals surface area (Å²) < 4.78 is 30.1. The fourth-order valence-electron chi connectivity index (χ4n) is 4.15. The number of piperidine rings is 1. The van der Waals surface area contributed by atoms with Crippen molar-refractivity contribution in [3.05, 3.63) is 65.7 Å². The molecule has 0 atom stereocenters. The van der Waals surface area contributed by atoms with Crippen molar-refractivity contribution < 1.29 is 23.2 Å². The Morgan fingerprint density at radius 2 is 1.71 bits per heavy atom. The van der Waals surface area contributed by atoms with E-state index in [4.69, 9.17) is 4.74 Å². The fraction of sp³-hybridized carbons (Fsp3) is 0.435. The predicted molar refractivity (Wildman–Crippen MR) is 119 cm³/mol. The molecule has 0 aliphatic carbocycles. The number of carbonyl (C=O) groups excluding carboxylic acids is 1. The molecular weight excluding hydrogens is 416 g/mol. The molecule has 8 heteroatoms. The molecule has 31 heavy (non-hydrogen) atoms. The van der Waals surface area contributed by atoms with Gasteiger partial charge in [-0.2, -0.15) is 0 Å². The van der Waals surface area contributed by atoms with Gasteiger partial charge in [-0.1, -0.05) is 42.5 Å². The molecule has 168 valence electrons. The Morgan fingerprint density at radius 1 is 1.06 bits per heavy atom. The number of carbonyl (C=O) groups is 1. The molecule has 0 unspecified atom stereocenters. The van der Waals surface area contributed by atoms with Gasteiger partial charge in [0.2, 0.25) is 0 Å². The molecule has 1 heterocycles. The molecule has 2 N–H and O–H groups in total. The van der Waals surface area contributed by atoms with Crippen molar-refractivity contribution in [1.82, 2.24) is 10.4 Å². The highest BCUT2D eigenvalue weighted by Gasteiger charge is 2.51. The average Bonchev–Trinajstić information content (AvgIpc) is 2.80. The smallest absolute Gasteiger partial charge is 0.264 e. The number of hydrogen-bond donors (Lipinski definition) is 2. The molecule has 1 fully saturated rings. The van der Waals surface area contributed by atoms with Gasteiger partial charge in [-0.15, -0.1) is 0 Å². The van der Waals surface area contributed by atoms with Crippen molar-refractivity contribution in [3.63, 3.8) is 0 Å². The Labute approximate surface area is 183 Å². The zero-order valence-electron chi connectivity index (χ0n) is 17.8. The number of hydrogen-bond acceptors (Lipinski definition) is 6. The molecule has 2 aromatic carbocycles. The number of sulfone groups is 1. The number of methoxy groups -OCH3 is 1. The van der Waals surface area contributed by atoms with Crippen LogP contribution in [0.15, 0.2) is 54.6 Å². The van der Waals surface area contributed by atoms with E-state index in [-0.39, 0.29) is 18.6 Å². The predicted octanol–water partition coefficient (Wildman–Crippen LogP) is 2.58. The summed E-state index contributed by atoms with van der Waals surface area (Å²) in [7, 11) is -2.31. The monoisotopic (exact) mass is 446 g/mol. The van der Waals surface area contributed by atoms with E-state index in [1.54, 1.807) is 36.9 Å². The van der Waals surface area contributed by atoms with Crippen molar-refractivity contribution >= 4 is 15.7 Å². The first-order valence-electron chi connectivity index (χ1n) is 10.5. The number of nitrogens with one attached hydrogen (secondary N) is 1. The highest BCUT2D eigenvalue weighted by atomic mass is 32.2. The summed E-state index contributed by atoms with van der Waals surface area (Å²) in [5.74, 6) is -0.476. The normalized spacial score (nSPS) is 16.6. The first-order chi connectivity index (χ1) is 14.9. The lowest BCUT2D eigenvalue weighted by Gasteiger charge is -2.39. The molecule has 0 bridgehead atoms. The summed E-state index contributed by atoms with van der Waals surface area (Å²) in [6.45, 7) is 1.82. The number of ether oxygens (including phenoxy) is 1. The highest BCUT2D eigenvalue weighted by Crippen LogP contribution is 2.34. The average molecular weight is 447 g/mol. The molecular formula is C23H30N2O5S. The van der Waals surface area contributed by atoms with E-state index in [0.29, 0.717) is 24.4 Å². The lowest BCUT2D eigenvalue weighted by atomic mass is 9.94. The summed E-state index contributed by atoms with van der Waals surface area (Å²) in [4.78, 5) is 14.7. The second-order valence-electron chi connectivity index (χ2n) is 7.97. The summed E-state index contributed by atoms with van der Waals surface area (Å²) in [6.07, 6.45) is 2.23. The molecule has 0 spiro atoms. The molecule has 0 aromatic heterocycles. The van der Waals surface area contributed by atoms with Crippen LogP contribution in [-0.2, 0) is 26.8 Å². The standard InChI is InChI=1S/C23H30N2O5S/c1-30-21-11-9-20(10-12-21)18-31(28,29)23(22(26)24-27)13-16-25(17-14-23)15-5-8-19-6-3-2-4-7-19/h2-4,6-7,9-12,27H,5,8,13-18H2,1H3,(H,24,26). The van der Waals surface area contributed by atoms with Crippen molar-refractivity contribution in [2.24, 2.45) is 0 Å². The Hall–Kier alpha value is -2.42. The van der Waals surface area contributed by atoms with Crippen molar-refractivity contribution in [2.75, 3.05) is 26.7 Å². The van der Waals surface area contributed by atoms with Crippen molar-refractivity contribution in [1.29, 1.82) is 0 Å². The summed E-state index contributed by atoms with van der Waals surface area (Å²) >= 11 is 0. The summed E-state index contributed by atoms with van der Waals surface area (Å²) in [6, 6.07) is 17.0. The number of benzene rings is 2.